The minimum Gasteiger partial charge on any atom is -0.461 e. The molecule has 10 heteroatoms. The minimum absolute atomic E-state index is 0.143. The highest BCUT2D eigenvalue weighted by atomic mass is 19.4. The van der Waals surface area contributed by atoms with Crippen LogP contribution in [0.2, 0.25) is 0 Å². The number of aliphatic imine (C=N–C) groups is 2. The van der Waals surface area contributed by atoms with E-state index in [9.17, 15) is 26.3 Å². The molecular weight excluding hydrogens is 424 g/mol. The molecule has 31 heavy (non-hydrogen) atoms. The van der Waals surface area contributed by atoms with Crippen molar-refractivity contribution in [1.82, 2.24) is 4.90 Å². The highest BCUT2D eigenvalue weighted by Gasteiger charge is 2.74. The number of nitrogens with zero attached hydrogens (tertiary/aromatic N) is 3. The molecule has 4 nitrogen and oxygen atoms in total. The number of benzene rings is 1. The lowest BCUT2D eigenvalue weighted by Crippen LogP contribution is -2.61. The van der Waals surface area contributed by atoms with Crippen LogP contribution in [0.15, 0.2) is 63.1 Å². The smallest absolute Gasteiger partial charge is 0.443 e. The third-order valence-corrected chi connectivity index (χ3v) is 5.50. The first kappa shape index (κ1) is 21.5. The monoisotopic (exact) mass is 443 g/mol. The summed E-state index contributed by atoms with van der Waals surface area (Å²) in [5.74, 6) is -1.10. The van der Waals surface area contributed by atoms with E-state index >= 15 is 0 Å². The zero-order valence-corrected chi connectivity index (χ0v) is 16.2. The second-order valence-corrected chi connectivity index (χ2v) is 7.54. The molecule has 0 saturated heterocycles. The second kappa shape index (κ2) is 7.72. The van der Waals surface area contributed by atoms with Crippen LogP contribution in [0.1, 0.15) is 43.4 Å². The van der Waals surface area contributed by atoms with Crippen molar-refractivity contribution in [3.63, 3.8) is 0 Å². The summed E-state index contributed by atoms with van der Waals surface area (Å²) in [4.78, 5) is 7.94. The number of furan rings is 1. The standard InChI is InChI=1S/C21H19F6N3O/c22-20(23,24)19(21(25,26)27)28-17(14-8-3-1-4-9-14)30(15-10-5-2-6-11-15)18(29-19)16-12-7-13-31-16/h1,3-4,7-9,12-13,15H,2,5-6,10-11H2. The van der Waals surface area contributed by atoms with Crippen molar-refractivity contribution in [2.24, 2.45) is 9.98 Å². The van der Waals surface area contributed by atoms with E-state index in [-0.39, 0.29) is 17.4 Å². The molecular formula is C21H19F6N3O. The molecule has 1 aliphatic heterocycles. The SMILES string of the molecule is FC(F)(F)C1(C(F)(F)F)N=C(c2ccccc2)N(C2CCCCC2)C(c2ccco2)=N1. The Balaban J connectivity index is 2.01. The van der Waals surface area contributed by atoms with Gasteiger partial charge in [0.15, 0.2) is 11.6 Å². The molecule has 1 saturated carbocycles. The molecule has 4 rings (SSSR count). The van der Waals surface area contributed by atoms with Crippen LogP contribution >= 0.6 is 0 Å². The Morgan fingerprint density at radius 1 is 0.806 bits per heavy atom. The second-order valence-electron chi connectivity index (χ2n) is 7.54. The normalized spacial score (nSPS) is 20.4. The van der Waals surface area contributed by atoms with Gasteiger partial charge in [0.25, 0.3) is 0 Å². The van der Waals surface area contributed by atoms with Crippen molar-refractivity contribution in [3.05, 3.63) is 60.1 Å². The van der Waals surface area contributed by atoms with Crippen LogP contribution in [0, 0.1) is 0 Å². The maximum Gasteiger partial charge on any atom is 0.443 e. The summed E-state index contributed by atoms with van der Waals surface area (Å²) in [6.45, 7) is 0. The lowest BCUT2D eigenvalue weighted by atomic mass is 9.92. The molecule has 0 bridgehead atoms. The molecule has 2 aliphatic rings. The predicted octanol–water partition coefficient (Wildman–Crippen LogP) is 5.94. The van der Waals surface area contributed by atoms with E-state index in [2.05, 4.69) is 9.98 Å². The summed E-state index contributed by atoms with van der Waals surface area (Å²) < 4.78 is 89.1. The van der Waals surface area contributed by atoms with Gasteiger partial charge >= 0.3 is 18.0 Å². The van der Waals surface area contributed by atoms with E-state index in [1.807, 2.05) is 0 Å². The van der Waals surface area contributed by atoms with E-state index in [1.165, 1.54) is 47.6 Å². The third-order valence-electron chi connectivity index (χ3n) is 5.50. The molecule has 0 amide bonds. The van der Waals surface area contributed by atoms with E-state index in [1.54, 1.807) is 6.07 Å². The Labute approximate surface area is 174 Å². The summed E-state index contributed by atoms with van der Waals surface area (Å²) in [6.07, 6.45) is -6.67. The average molecular weight is 443 g/mol. The van der Waals surface area contributed by atoms with Gasteiger partial charge in [0.05, 0.1) is 6.26 Å². The van der Waals surface area contributed by atoms with E-state index in [0.29, 0.717) is 12.8 Å². The van der Waals surface area contributed by atoms with Crippen molar-refractivity contribution >= 4 is 11.7 Å². The molecule has 1 aromatic carbocycles. The fourth-order valence-electron chi connectivity index (χ4n) is 4.01. The van der Waals surface area contributed by atoms with Gasteiger partial charge in [-0.2, -0.15) is 26.3 Å². The molecule has 0 N–H and O–H groups in total. The summed E-state index contributed by atoms with van der Waals surface area (Å²) in [5.41, 5.74) is -4.48. The average Bonchev–Trinajstić information content (AvgIpc) is 3.27. The van der Waals surface area contributed by atoms with Gasteiger partial charge < -0.3 is 9.32 Å². The molecule has 1 aromatic heterocycles. The van der Waals surface area contributed by atoms with Gasteiger partial charge in [-0.1, -0.05) is 49.6 Å². The summed E-state index contributed by atoms with van der Waals surface area (Å²) in [6, 6.07) is 9.94. The highest BCUT2D eigenvalue weighted by molar-refractivity contribution is 6.15. The van der Waals surface area contributed by atoms with Crippen LogP contribution in [-0.4, -0.2) is 40.6 Å². The molecule has 0 spiro atoms. The summed E-state index contributed by atoms with van der Waals surface area (Å²) in [7, 11) is 0. The first-order chi connectivity index (χ1) is 14.6. The van der Waals surface area contributed by atoms with Crippen LogP contribution in [0.5, 0.6) is 0 Å². The van der Waals surface area contributed by atoms with E-state index < -0.39 is 29.7 Å². The van der Waals surface area contributed by atoms with Gasteiger partial charge in [0.2, 0.25) is 0 Å². The van der Waals surface area contributed by atoms with Crippen LogP contribution in [0.3, 0.4) is 0 Å². The highest BCUT2D eigenvalue weighted by Crippen LogP contribution is 2.50. The number of rotatable bonds is 3. The lowest BCUT2D eigenvalue weighted by Gasteiger charge is -2.43. The molecule has 0 radical (unpaired) electrons. The number of amidine groups is 2. The fourth-order valence-corrected chi connectivity index (χ4v) is 4.01. The van der Waals surface area contributed by atoms with Crippen molar-refractivity contribution in [3.8, 4) is 0 Å². The number of hydrogen-bond donors (Lipinski definition) is 0. The van der Waals surface area contributed by atoms with Crippen LogP contribution in [0.4, 0.5) is 26.3 Å². The van der Waals surface area contributed by atoms with E-state index in [4.69, 9.17) is 4.42 Å². The Morgan fingerprint density at radius 3 is 1.97 bits per heavy atom. The third kappa shape index (κ3) is 3.72. The van der Waals surface area contributed by atoms with Crippen LogP contribution in [0.25, 0.3) is 0 Å². The van der Waals surface area contributed by atoms with Gasteiger partial charge in [0.1, 0.15) is 5.84 Å². The van der Waals surface area contributed by atoms with Gasteiger partial charge in [-0.3, -0.25) is 0 Å². The van der Waals surface area contributed by atoms with Crippen LogP contribution < -0.4 is 0 Å². The molecule has 1 fully saturated rings. The van der Waals surface area contributed by atoms with Gasteiger partial charge in [-0.05, 0) is 25.0 Å². The van der Waals surface area contributed by atoms with E-state index in [0.717, 1.165) is 19.3 Å². The van der Waals surface area contributed by atoms with Crippen LogP contribution in [-0.2, 0) is 0 Å². The van der Waals surface area contributed by atoms with Gasteiger partial charge in [-0.25, -0.2) is 9.98 Å². The van der Waals surface area contributed by atoms with Crippen molar-refractivity contribution in [1.29, 1.82) is 0 Å². The molecule has 1 aliphatic carbocycles. The molecule has 2 heterocycles. The summed E-state index contributed by atoms with van der Waals surface area (Å²) >= 11 is 0. The molecule has 0 unspecified atom stereocenters. The topological polar surface area (TPSA) is 41.1 Å². The maximum atomic E-state index is 14.0. The first-order valence-corrected chi connectivity index (χ1v) is 9.86. The summed E-state index contributed by atoms with van der Waals surface area (Å²) in [5, 5.41) is 0. The Bertz CT molecular complexity index is 943. The maximum absolute atomic E-state index is 14.0. The molecule has 0 atom stereocenters. The minimum atomic E-state index is -5.80. The largest absolute Gasteiger partial charge is 0.461 e. The molecule has 166 valence electrons. The number of hydrogen-bond acceptors (Lipinski definition) is 4. The lowest BCUT2D eigenvalue weighted by molar-refractivity contribution is -0.293. The fraction of sp³-hybridized carbons (Fsp3) is 0.429. The van der Waals surface area contributed by atoms with Crippen molar-refractivity contribution in [2.45, 2.75) is 56.2 Å². The zero-order valence-electron chi connectivity index (χ0n) is 16.2. The number of alkyl halides is 6. The van der Waals surface area contributed by atoms with Crippen molar-refractivity contribution in [2.75, 3.05) is 0 Å². The molecule has 2 aromatic rings. The van der Waals surface area contributed by atoms with Gasteiger partial charge in [-0.15, -0.1) is 0 Å². The van der Waals surface area contributed by atoms with Gasteiger partial charge in [0, 0.05) is 11.6 Å². The zero-order chi connectivity index (χ0) is 22.3. The number of halogens is 6. The van der Waals surface area contributed by atoms with Crippen molar-refractivity contribution < 1.29 is 30.8 Å². The quantitative estimate of drug-likeness (QED) is 0.551. The first-order valence-electron chi connectivity index (χ1n) is 9.86. The predicted molar refractivity (Wildman–Crippen MR) is 102 cm³/mol. The Kier molecular flexibility index (Phi) is 5.35. The Morgan fingerprint density at radius 2 is 1.42 bits per heavy atom. The Hall–Kier alpha value is -2.78.